The molecule has 9 heteroatoms. The van der Waals surface area contributed by atoms with Crippen LogP contribution >= 0.6 is 12.2 Å². The molecule has 24 heavy (non-hydrogen) atoms. The molecule has 124 valence electrons. The van der Waals surface area contributed by atoms with Gasteiger partial charge in [-0.2, -0.15) is 10.2 Å². The third-order valence-electron chi connectivity index (χ3n) is 2.83. The molecule has 2 rings (SSSR count). The summed E-state index contributed by atoms with van der Waals surface area (Å²) in [5, 5.41) is 45.5. The molecular weight excluding hydrogens is 332 g/mol. The molecule has 0 radical (unpaired) electrons. The fourth-order valence-corrected chi connectivity index (χ4v) is 1.76. The molecule has 0 fully saturated rings. The van der Waals surface area contributed by atoms with E-state index >= 15 is 0 Å². The summed E-state index contributed by atoms with van der Waals surface area (Å²) in [4.78, 5) is 0. The van der Waals surface area contributed by atoms with Crippen molar-refractivity contribution < 1.29 is 20.4 Å². The monoisotopic (exact) mass is 346 g/mol. The molecule has 0 saturated carbocycles. The predicted octanol–water partition coefficient (Wildman–Crippen LogP) is 1.34. The van der Waals surface area contributed by atoms with E-state index in [1.165, 1.54) is 24.6 Å². The third-order valence-corrected chi connectivity index (χ3v) is 3.01. The number of nitrogens with one attached hydrogen (secondary N) is 2. The van der Waals surface area contributed by atoms with Crippen molar-refractivity contribution in [1.29, 1.82) is 0 Å². The maximum Gasteiger partial charge on any atom is 0.207 e. The number of nitrogens with zero attached hydrogens (tertiary/aromatic N) is 2. The molecule has 0 aliphatic heterocycles. The molecule has 0 amide bonds. The zero-order chi connectivity index (χ0) is 17.5. The number of benzene rings is 2. The topological polar surface area (TPSA) is 130 Å². The van der Waals surface area contributed by atoms with E-state index < -0.39 is 0 Å². The number of phenolic OH excluding ortho intramolecular Hbond substituents is 4. The van der Waals surface area contributed by atoms with Gasteiger partial charge >= 0.3 is 0 Å². The van der Waals surface area contributed by atoms with Crippen molar-refractivity contribution in [3.8, 4) is 23.0 Å². The Labute approximate surface area is 142 Å². The second kappa shape index (κ2) is 7.79. The van der Waals surface area contributed by atoms with Gasteiger partial charge in [0, 0.05) is 11.1 Å². The molecule has 8 nitrogen and oxygen atoms in total. The van der Waals surface area contributed by atoms with Gasteiger partial charge in [0.25, 0.3) is 0 Å². The fraction of sp³-hybridized carbons (Fsp3) is 0. The van der Waals surface area contributed by atoms with Gasteiger partial charge in [0.1, 0.15) is 0 Å². The lowest BCUT2D eigenvalue weighted by Gasteiger charge is -2.03. The van der Waals surface area contributed by atoms with Crippen LogP contribution in [0, 0.1) is 0 Å². The predicted molar refractivity (Wildman–Crippen MR) is 93.6 cm³/mol. The molecule has 0 spiro atoms. The summed E-state index contributed by atoms with van der Waals surface area (Å²) in [6, 6.07) is 8.91. The standard InChI is InChI=1S/C15H14N4O4S/c20-11-5-1-3-9(13(11)22)7-16-18-15(24)19-17-8-10-4-2-6-12(21)14(10)23/h1-8,20-23H,(H2,18,19,24). The van der Waals surface area contributed by atoms with Crippen molar-refractivity contribution in [3.05, 3.63) is 47.5 Å². The van der Waals surface area contributed by atoms with E-state index in [2.05, 4.69) is 21.1 Å². The maximum atomic E-state index is 9.59. The van der Waals surface area contributed by atoms with Gasteiger partial charge in [0.15, 0.2) is 23.0 Å². The fourth-order valence-electron chi connectivity index (χ4n) is 1.65. The van der Waals surface area contributed by atoms with Crippen molar-refractivity contribution in [2.24, 2.45) is 10.2 Å². The molecule has 0 aliphatic rings. The highest BCUT2D eigenvalue weighted by atomic mass is 32.1. The quantitative estimate of drug-likeness (QED) is 0.213. The maximum absolute atomic E-state index is 9.59. The number of hydrogen-bond donors (Lipinski definition) is 6. The second-order valence-corrected chi connectivity index (χ2v) is 4.91. The molecule has 0 aliphatic carbocycles. The summed E-state index contributed by atoms with van der Waals surface area (Å²) < 4.78 is 0. The number of phenols is 4. The lowest BCUT2D eigenvalue weighted by molar-refractivity contribution is 0.403. The van der Waals surface area contributed by atoms with E-state index in [9.17, 15) is 20.4 Å². The number of hydrogen-bond acceptors (Lipinski definition) is 7. The van der Waals surface area contributed by atoms with Gasteiger partial charge in [-0.05, 0) is 36.5 Å². The first-order valence-electron chi connectivity index (χ1n) is 6.63. The van der Waals surface area contributed by atoms with Crippen LogP contribution in [0.3, 0.4) is 0 Å². The van der Waals surface area contributed by atoms with Crippen LogP contribution in [-0.2, 0) is 0 Å². The minimum absolute atomic E-state index is 0.0572. The summed E-state index contributed by atoms with van der Waals surface area (Å²) in [5.74, 6) is -1.09. The van der Waals surface area contributed by atoms with Crippen molar-refractivity contribution in [2.75, 3.05) is 0 Å². The first-order chi connectivity index (χ1) is 11.5. The van der Waals surface area contributed by atoms with Gasteiger partial charge in [-0.1, -0.05) is 12.1 Å². The molecular formula is C15H14N4O4S. The van der Waals surface area contributed by atoms with Crippen LogP contribution in [0.1, 0.15) is 11.1 Å². The van der Waals surface area contributed by atoms with E-state index in [-0.39, 0.29) is 28.1 Å². The van der Waals surface area contributed by atoms with Gasteiger partial charge in [-0.15, -0.1) is 0 Å². The smallest absolute Gasteiger partial charge is 0.207 e. The Morgan fingerprint density at radius 3 is 1.62 bits per heavy atom. The van der Waals surface area contributed by atoms with Gasteiger partial charge in [-0.3, -0.25) is 10.9 Å². The van der Waals surface area contributed by atoms with Crippen LogP contribution in [0.5, 0.6) is 23.0 Å². The molecule has 2 aromatic rings. The van der Waals surface area contributed by atoms with Crippen LogP contribution in [-0.4, -0.2) is 38.0 Å². The number of hydrazone groups is 2. The van der Waals surface area contributed by atoms with Gasteiger partial charge in [0.05, 0.1) is 12.4 Å². The Morgan fingerprint density at radius 2 is 1.21 bits per heavy atom. The largest absolute Gasteiger partial charge is 0.504 e. The van der Waals surface area contributed by atoms with Gasteiger partial charge in [0.2, 0.25) is 5.11 Å². The minimum Gasteiger partial charge on any atom is -0.504 e. The number of aromatic hydroxyl groups is 4. The van der Waals surface area contributed by atoms with Crippen molar-refractivity contribution in [1.82, 2.24) is 10.9 Å². The van der Waals surface area contributed by atoms with E-state index in [1.807, 2.05) is 0 Å². The first kappa shape index (κ1) is 17.0. The highest BCUT2D eigenvalue weighted by Gasteiger charge is 2.03. The van der Waals surface area contributed by atoms with E-state index in [1.54, 1.807) is 24.3 Å². The van der Waals surface area contributed by atoms with E-state index in [4.69, 9.17) is 12.2 Å². The zero-order valence-corrected chi connectivity index (χ0v) is 13.0. The van der Waals surface area contributed by atoms with Gasteiger partial charge < -0.3 is 20.4 Å². The van der Waals surface area contributed by atoms with E-state index in [0.29, 0.717) is 11.1 Å². The molecule has 0 bridgehead atoms. The second-order valence-electron chi connectivity index (χ2n) is 4.50. The highest BCUT2D eigenvalue weighted by molar-refractivity contribution is 7.80. The van der Waals surface area contributed by atoms with Crippen LogP contribution < -0.4 is 10.9 Å². The van der Waals surface area contributed by atoms with Crippen molar-refractivity contribution in [3.63, 3.8) is 0 Å². The Kier molecular flexibility index (Phi) is 5.53. The van der Waals surface area contributed by atoms with E-state index in [0.717, 1.165) is 0 Å². The molecule has 0 atom stereocenters. The van der Waals surface area contributed by atoms with Crippen molar-refractivity contribution >= 4 is 29.8 Å². The Balaban J connectivity index is 1.89. The Hall–Kier alpha value is -3.33. The molecule has 6 N–H and O–H groups in total. The van der Waals surface area contributed by atoms with Crippen LogP contribution in [0.25, 0.3) is 0 Å². The normalized spacial score (nSPS) is 11.0. The molecule has 0 aromatic heterocycles. The average molecular weight is 346 g/mol. The number of rotatable bonds is 4. The summed E-state index contributed by atoms with van der Waals surface area (Å²) in [7, 11) is 0. The Morgan fingerprint density at radius 1 is 0.792 bits per heavy atom. The molecule has 2 aromatic carbocycles. The van der Waals surface area contributed by atoms with Crippen LogP contribution in [0.4, 0.5) is 0 Å². The lowest BCUT2D eigenvalue weighted by atomic mass is 10.2. The Bertz CT molecular complexity index is 743. The minimum atomic E-state index is -0.292. The molecule has 0 saturated heterocycles. The van der Waals surface area contributed by atoms with Crippen molar-refractivity contribution in [2.45, 2.75) is 0 Å². The summed E-state index contributed by atoms with van der Waals surface area (Å²) in [5.41, 5.74) is 5.53. The van der Waals surface area contributed by atoms with Gasteiger partial charge in [-0.25, -0.2) is 0 Å². The SMILES string of the molecule is Oc1cccc(C=NNC(=S)NN=Cc2cccc(O)c2O)c1O. The zero-order valence-electron chi connectivity index (χ0n) is 12.2. The number of thiocarbonyl (C=S) groups is 1. The molecule has 0 unspecified atom stereocenters. The average Bonchev–Trinajstić information content (AvgIpc) is 2.55. The highest BCUT2D eigenvalue weighted by Crippen LogP contribution is 2.27. The third kappa shape index (κ3) is 4.34. The van der Waals surface area contributed by atoms with Crippen LogP contribution in [0.15, 0.2) is 46.6 Å². The summed E-state index contributed by atoms with van der Waals surface area (Å²) in [6.45, 7) is 0. The number of para-hydroxylation sites is 2. The summed E-state index contributed by atoms with van der Waals surface area (Å²) in [6.07, 6.45) is 2.54. The summed E-state index contributed by atoms with van der Waals surface area (Å²) >= 11 is 4.93. The first-order valence-corrected chi connectivity index (χ1v) is 7.04. The van der Waals surface area contributed by atoms with Crippen LogP contribution in [0.2, 0.25) is 0 Å². The lowest BCUT2D eigenvalue weighted by Crippen LogP contribution is -2.28. The molecule has 0 heterocycles.